The van der Waals surface area contributed by atoms with E-state index in [1.165, 1.54) is 12.1 Å². The van der Waals surface area contributed by atoms with Crippen LogP contribution in [0.15, 0.2) is 36.7 Å². The molecule has 8 nitrogen and oxygen atoms in total. The number of aromatic hydroxyl groups is 1. The monoisotopic (exact) mass is 330 g/mol. The molecule has 0 aliphatic heterocycles. The first-order chi connectivity index (χ1) is 11.6. The molecule has 1 heterocycles. The second-order valence-electron chi connectivity index (χ2n) is 5.88. The Balaban J connectivity index is 1.78. The van der Waals surface area contributed by atoms with E-state index in [0.717, 1.165) is 31.7 Å². The van der Waals surface area contributed by atoms with Crippen LogP contribution >= 0.6 is 0 Å². The van der Waals surface area contributed by atoms with E-state index in [9.17, 15) is 20.0 Å². The van der Waals surface area contributed by atoms with Gasteiger partial charge in [0.15, 0.2) is 5.75 Å². The molecule has 126 valence electrons. The van der Waals surface area contributed by atoms with Crippen LogP contribution < -0.4 is 5.32 Å². The van der Waals surface area contributed by atoms with E-state index in [1.54, 1.807) is 6.20 Å². The molecule has 1 saturated carbocycles. The fourth-order valence-corrected chi connectivity index (χ4v) is 3.14. The van der Waals surface area contributed by atoms with E-state index in [-0.39, 0.29) is 23.6 Å². The Morgan fingerprint density at radius 2 is 2.17 bits per heavy atom. The highest BCUT2D eigenvalue weighted by Gasteiger charge is 2.29. The van der Waals surface area contributed by atoms with Crippen molar-refractivity contribution in [2.24, 2.45) is 0 Å². The van der Waals surface area contributed by atoms with Crippen molar-refractivity contribution < 1.29 is 14.8 Å². The van der Waals surface area contributed by atoms with Crippen LogP contribution in [0, 0.1) is 10.1 Å². The number of hydrogen-bond acceptors (Lipinski definition) is 5. The first kappa shape index (κ1) is 16.0. The van der Waals surface area contributed by atoms with E-state index < -0.39 is 16.4 Å². The van der Waals surface area contributed by atoms with Crippen LogP contribution in [0.4, 0.5) is 5.69 Å². The summed E-state index contributed by atoms with van der Waals surface area (Å²) in [6.07, 6.45) is 7.41. The minimum Gasteiger partial charge on any atom is -0.502 e. The molecule has 1 aromatic heterocycles. The van der Waals surface area contributed by atoms with E-state index in [4.69, 9.17) is 0 Å². The van der Waals surface area contributed by atoms with Gasteiger partial charge in [-0.05, 0) is 31.0 Å². The molecule has 24 heavy (non-hydrogen) atoms. The van der Waals surface area contributed by atoms with Gasteiger partial charge in [0, 0.05) is 24.0 Å². The molecule has 1 amide bonds. The third-order valence-corrected chi connectivity index (χ3v) is 4.34. The normalized spacial score (nSPS) is 20.5. The Morgan fingerprint density at radius 3 is 2.88 bits per heavy atom. The third-order valence-electron chi connectivity index (χ3n) is 4.34. The molecule has 1 aromatic carbocycles. The second-order valence-corrected chi connectivity index (χ2v) is 5.88. The van der Waals surface area contributed by atoms with E-state index >= 15 is 0 Å². The van der Waals surface area contributed by atoms with E-state index in [1.807, 2.05) is 16.9 Å². The van der Waals surface area contributed by atoms with Crippen molar-refractivity contribution in [1.29, 1.82) is 0 Å². The summed E-state index contributed by atoms with van der Waals surface area (Å²) in [5.41, 5.74) is -0.320. The summed E-state index contributed by atoms with van der Waals surface area (Å²) < 4.78 is 1.85. The molecule has 0 spiro atoms. The lowest BCUT2D eigenvalue weighted by Crippen LogP contribution is -2.43. The lowest BCUT2D eigenvalue weighted by molar-refractivity contribution is -0.385. The van der Waals surface area contributed by atoms with Crippen LogP contribution in [0.3, 0.4) is 0 Å². The van der Waals surface area contributed by atoms with Crippen molar-refractivity contribution >= 4 is 11.6 Å². The molecule has 1 fully saturated rings. The summed E-state index contributed by atoms with van der Waals surface area (Å²) >= 11 is 0. The number of phenols is 1. The zero-order valence-electron chi connectivity index (χ0n) is 13.0. The predicted molar refractivity (Wildman–Crippen MR) is 85.7 cm³/mol. The van der Waals surface area contributed by atoms with Gasteiger partial charge in [-0.15, -0.1) is 0 Å². The van der Waals surface area contributed by atoms with Crippen molar-refractivity contribution in [1.82, 2.24) is 15.1 Å². The van der Waals surface area contributed by atoms with Gasteiger partial charge in [0.25, 0.3) is 5.91 Å². The fourth-order valence-electron chi connectivity index (χ4n) is 3.14. The Labute approximate surface area is 138 Å². The molecule has 2 atom stereocenters. The topological polar surface area (TPSA) is 110 Å². The number of nitro groups is 1. The van der Waals surface area contributed by atoms with Gasteiger partial charge in [-0.2, -0.15) is 5.10 Å². The second kappa shape index (κ2) is 6.69. The Kier molecular flexibility index (Phi) is 4.45. The van der Waals surface area contributed by atoms with Crippen molar-refractivity contribution in [2.45, 2.75) is 37.8 Å². The van der Waals surface area contributed by atoms with Gasteiger partial charge >= 0.3 is 5.69 Å². The molecule has 3 rings (SSSR count). The number of amides is 1. The fraction of sp³-hybridized carbons (Fsp3) is 0.375. The smallest absolute Gasteiger partial charge is 0.311 e. The molecular formula is C16H18N4O4. The number of hydrogen-bond donors (Lipinski definition) is 2. The van der Waals surface area contributed by atoms with Crippen LogP contribution in [0.25, 0.3) is 0 Å². The average molecular weight is 330 g/mol. The van der Waals surface area contributed by atoms with Gasteiger partial charge in [-0.1, -0.05) is 12.8 Å². The summed E-state index contributed by atoms with van der Waals surface area (Å²) in [5.74, 6) is -0.842. The van der Waals surface area contributed by atoms with Crippen molar-refractivity contribution in [2.75, 3.05) is 0 Å². The minimum absolute atomic E-state index is 0.0739. The zero-order valence-corrected chi connectivity index (χ0v) is 13.0. The highest BCUT2D eigenvalue weighted by Crippen LogP contribution is 2.29. The number of benzene rings is 1. The largest absolute Gasteiger partial charge is 0.502 e. The number of aromatic nitrogens is 2. The van der Waals surface area contributed by atoms with Gasteiger partial charge in [0.05, 0.1) is 17.0 Å². The molecular weight excluding hydrogens is 312 g/mol. The summed E-state index contributed by atoms with van der Waals surface area (Å²) in [5, 5.41) is 27.6. The molecule has 0 radical (unpaired) electrons. The third kappa shape index (κ3) is 3.22. The molecule has 2 N–H and O–H groups in total. The predicted octanol–water partition coefficient (Wildman–Crippen LogP) is 2.41. The Hall–Kier alpha value is -2.90. The number of nitro benzene ring substituents is 1. The number of nitrogens with zero attached hydrogens (tertiary/aromatic N) is 3. The number of rotatable bonds is 4. The lowest BCUT2D eigenvalue weighted by Gasteiger charge is -2.32. The quantitative estimate of drug-likeness (QED) is 0.660. The summed E-state index contributed by atoms with van der Waals surface area (Å²) in [6.45, 7) is 0. The molecule has 8 heteroatoms. The molecule has 2 unspecified atom stereocenters. The maximum absolute atomic E-state index is 12.5. The first-order valence-corrected chi connectivity index (χ1v) is 7.83. The maximum atomic E-state index is 12.5. The van der Waals surface area contributed by atoms with E-state index in [2.05, 4.69) is 10.4 Å². The van der Waals surface area contributed by atoms with Gasteiger partial charge < -0.3 is 10.4 Å². The van der Waals surface area contributed by atoms with Gasteiger partial charge in [-0.25, -0.2) is 0 Å². The van der Waals surface area contributed by atoms with Crippen molar-refractivity contribution in [3.63, 3.8) is 0 Å². The van der Waals surface area contributed by atoms with Crippen molar-refractivity contribution in [3.05, 3.63) is 52.3 Å². The number of phenolic OH excluding ortho intramolecular Hbond substituents is 1. The van der Waals surface area contributed by atoms with Gasteiger partial charge in [0.1, 0.15) is 0 Å². The highest BCUT2D eigenvalue weighted by molar-refractivity contribution is 5.95. The molecule has 1 aliphatic rings. The molecule has 0 bridgehead atoms. The molecule has 2 aromatic rings. The Bertz CT molecular complexity index is 745. The molecule has 0 saturated heterocycles. The maximum Gasteiger partial charge on any atom is 0.311 e. The summed E-state index contributed by atoms with van der Waals surface area (Å²) in [7, 11) is 0. The highest BCUT2D eigenvalue weighted by atomic mass is 16.6. The first-order valence-electron chi connectivity index (χ1n) is 7.83. The summed E-state index contributed by atoms with van der Waals surface area (Å²) in [4.78, 5) is 22.7. The average Bonchev–Trinajstić information content (AvgIpc) is 3.09. The molecule has 1 aliphatic carbocycles. The van der Waals surface area contributed by atoms with Gasteiger partial charge in [-0.3, -0.25) is 19.6 Å². The SMILES string of the molecule is O=C(NC1CCCCC1n1cccn1)c1ccc(O)c([N+](=O)[O-])c1. The standard InChI is InChI=1S/C16H18N4O4/c21-15-7-6-11(10-14(15)20(23)24)16(22)18-12-4-1-2-5-13(12)19-9-3-8-17-19/h3,6-10,12-13,21H,1-2,4-5H2,(H,18,22). The van der Waals surface area contributed by atoms with Gasteiger partial charge in [0.2, 0.25) is 0 Å². The van der Waals surface area contributed by atoms with Crippen LogP contribution in [-0.4, -0.2) is 31.8 Å². The van der Waals surface area contributed by atoms with Crippen LogP contribution in [0.1, 0.15) is 42.1 Å². The number of nitrogens with one attached hydrogen (secondary N) is 1. The zero-order chi connectivity index (χ0) is 17.1. The summed E-state index contributed by atoms with van der Waals surface area (Å²) in [6, 6.07) is 5.47. The Morgan fingerprint density at radius 1 is 1.38 bits per heavy atom. The number of carbonyl (C=O) groups is 1. The van der Waals surface area contributed by atoms with E-state index in [0.29, 0.717) is 0 Å². The lowest BCUT2D eigenvalue weighted by atomic mass is 9.90. The number of carbonyl (C=O) groups excluding carboxylic acids is 1. The van der Waals surface area contributed by atoms with Crippen molar-refractivity contribution in [3.8, 4) is 5.75 Å². The minimum atomic E-state index is -0.709. The van der Waals surface area contributed by atoms with Crippen LogP contribution in [0.2, 0.25) is 0 Å². The van der Waals surface area contributed by atoms with Crippen LogP contribution in [-0.2, 0) is 0 Å². The van der Waals surface area contributed by atoms with Crippen LogP contribution in [0.5, 0.6) is 5.75 Å².